The highest BCUT2D eigenvalue weighted by Crippen LogP contribution is 2.26. The minimum atomic E-state index is 0.213. The third-order valence-electron chi connectivity index (χ3n) is 3.54. The number of hydrogen-bond acceptors (Lipinski definition) is 6. The minimum Gasteiger partial charge on any atom is -0.497 e. The van der Waals surface area contributed by atoms with E-state index in [4.69, 9.17) is 4.74 Å². The number of Topliss-reactive ketones (excluding diaryl/α,β-unsaturated/α-hetero) is 1. The second kappa shape index (κ2) is 8.08. The maximum Gasteiger partial charge on any atom is 0.183 e. The van der Waals surface area contributed by atoms with Gasteiger partial charge in [-0.2, -0.15) is 0 Å². The van der Waals surface area contributed by atoms with Gasteiger partial charge in [-0.3, -0.25) is 4.79 Å². The Hall–Kier alpha value is -2.18. The third-order valence-corrected chi connectivity index (χ3v) is 5.25. The van der Waals surface area contributed by atoms with Gasteiger partial charge < -0.3 is 10.1 Å². The van der Waals surface area contributed by atoms with E-state index in [1.54, 1.807) is 18.4 Å². The molecule has 1 aromatic carbocycles. The highest BCUT2D eigenvalue weighted by atomic mass is 32.1. The van der Waals surface area contributed by atoms with E-state index in [-0.39, 0.29) is 5.78 Å². The van der Waals surface area contributed by atoms with Crippen LogP contribution in [0.15, 0.2) is 47.2 Å². The normalized spacial score (nSPS) is 10.5. The molecule has 0 aliphatic rings. The van der Waals surface area contributed by atoms with Crippen molar-refractivity contribution < 1.29 is 9.53 Å². The molecule has 24 heavy (non-hydrogen) atoms. The fourth-order valence-corrected chi connectivity index (χ4v) is 3.70. The molecule has 0 spiro atoms. The summed E-state index contributed by atoms with van der Waals surface area (Å²) in [6, 6.07) is 11.6. The van der Waals surface area contributed by atoms with Crippen LogP contribution in [-0.4, -0.2) is 24.4 Å². The van der Waals surface area contributed by atoms with Gasteiger partial charge in [0.2, 0.25) is 0 Å². The number of rotatable bonds is 8. The van der Waals surface area contributed by atoms with E-state index in [0.29, 0.717) is 6.42 Å². The summed E-state index contributed by atoms with van der Waals surface area (Å²) in [6.45, 7) is 0.743. The van der Waals surface area contributed by atoms with Crippen LogP contribution in [0, 0.1) is 0 Å². The summed E-state index contributed by atoms with van der Waals surface area (Å²) in [7, 11) is 1.66. The second-order valence-corrected chi connectivity index (χ2v) is 7.00. The van der Waals surface area contributed by atoms with Crippen LogP contribution in [0.1, 0.15) is 22.5 Å². The Bertz CT molecular complexity index is 780. The topological polar surface area (TPSA) is 51.2 Å². The van der Waals surface area contributed by atoms with Crippen LogP contribution in [0.2, 0.25) is 0 Å². The molecule has 124 valence electrons. The van der Waals surface area contributed by atoms with Crippen molar-refractivity contribution in [3.8, 4) is 17.0 Å². The van der Waals surface area contributed by atoms with Gasteiger partial charge in [0.25, 0.3) is 0 Å². The summed E-state index contributed by atoms with van der Waals surface area (Å²) >= 11 is 3.07. The Balaban J connectivity index is 1.48. The monoisotopic (exact) mass is 358 g/mol. The number of thiazole rings is 1. The van der Waals surface area contributed by atoms with Crippen molar-refractivity contribution in [1.82, 2.24) is 4.98 Å². The molecule has 1 N–H and O–H groups in total. The average molecular weight is 358 g/mol. The molecule has 4 nitrogen and oxygen atoms in total. The van der Waals surface area contributed by atoms with Crippen molar-refractivity contribution in [2.75, 3.05) is 19.0 Å². The molecule has 0 unspecified atom stereocenters. The molecule has 0 amide bonds. The number of carbonyl (C=O) groups is 1. The van der Waals surface area contributed by atoms with Crippen molar-refractivity contribution in [3.63, 3.8) is 0 Å². The number of benzene rings is 1. The van der Waals surface area contributed by atoms with Crippen LogP contribution in [0.3, 0.4) is 0 Å². The van der Waals surface area contributed by atoms with Crippen LogP contribution in [0.4, 0.5) is 5.13 Å². The SMILES string of the molecule is COc1ccc(-c2csc(NCCCC(=O)c3cccs3)n2)cc1. The van der Waals surface area contributed by atoms with Crippen LogP contribution in [0.5, 0.6) is 5.75 Å². The van der Waals surface area contributed by atoms with Gasteiger partial charge in [0.15, 0.2) is 10.9 Å². The van der Waals surface area contributed by atoms with Crippen molar-refractivity contribution in [1.29, 1.82) is 0 Å². The Morgan fingerprint density at radius 2 is 2.04 bits per heavy atom. The summed E-state index contributed by atoms with van der Waals surface area (Å²) < 4.78 is 5.16. The van der Waals surface area contributed by atoms with Gasteiger partial charge in [0.05, 0.1) is 17.7 Å². The van der Waals surface area contributed by atoms with Gasteiger partial charge >= 0.3 is 0 Å². The molecular weight excluding hydrogens is 340 g/mol. The number of nitrogens with zero attached hydrogens (tertiary/aromatic N) is 1. The number of aromatic nitrogens is 1. The van der Waals surface area contributed by atoms with Crippen LogP contribution in [0.25, 0.3) is 11.3 Å². The number of nitrogens with one attached hydrogen (secondary N) is 1. The van der Waals surface area contributed by atoms with E-state index in [1.807, 2.05) is 47.2 Å². The lowest BCUT2D eigenvalue weighted by molar-refractivity contribution is 0.0985. The fourth-order valence-electron chi connectivity index (χ4n) is 2.25. The number of thiophene rings is 1. The summed E-state index contributed by atoms with van der Waals surface area (Å²) in [5.74, 6) is 1.05. The van der Waals surface area contributed by atoms with Crippen LogP contribution in [-0.2, 0) is 0 Å². The van der Waals surface area contributed by atoms with E-state index < -0.39 is 0 Å². The molecule has 2 heterocycles. The van der Waals surface area contributed by atoms with E-state index in [2.05, 4.69) is 10.3 Å². The molecule has 6 heteroatoms. The Morgan fingerprint density at radius 1 is 1.21 bits per heavy atom. The highest BCUT2D eigenvalue weighted by molar-refractivity contribution is 7.14. The molecule has 3 rings (SSSR count). The third kappa shape index (κ3) is 4.21. The molecule has 0 fully saturated rings. The molecule has 2 aromatic heterocycles. The van der Waals surface area contributed by atoms with E-state index in [1.165, 1.54) is 11.3 Å². The summed E-state index contributed by atoms with van der Waals surface area (Å²) in [5.41, 5.74) is 2.01. The zero-order valence-electron chi connectivity index (χ0n) is 13.3. The van der Waals surface area contributed by atoms with E-state index >= 15 is 0 Å². The Morgan fingerprint density at radius 3 is 2.75 bits per heavy atom. The van der Waals surface area contributed by atoms with Gasteiger partial charge in [0, 0.05) is 23.9 Å². The molecule has 3 aromatic rings. The zero-order valence-corrected chi connectivity index (χ0v) is 15.0. The standard InChI is InChI=1S/C18H18N2O2S2/c1-22-14-8-6-13(7-9-14)15-12-24-18(20-15)19-10-2-4-16(21)17-5-3-11-23-17/h3,5-9,11-12H,2,4,10H2,1H3,(H,19,20). The molecule has 0 aliphatic carbocycles. The van der Waals surface area contributed by atoms with Gasteiger partial charge in [0.1, 0.15) is 5.75 Å². The predicted molar refractivity (Wildman–Crippen MR) is 100 cm³/mol. The lowest BCUT2D eigenvalue weighted by atomic mass is 10.2. The summed E-state index contributed by atoms with van der Waals surface area (Å²) in [6.07, 6.45) is 1.36. The van der Waals surface area contributed by atoms with Crippen LogP contribution < -0.4 is 10.1 Å². The van der Waals surface area contributed by atoms with Crippen molar-refractivity contribution in [3.05, 3.63) is 52.0 Å². The number of methoxy groups -OCH3 is 1. The first kappa shape index (κ1) is 16.7. The lowest BCUT2D eigenvalue weighted by Gasteiger charge is -2.02. The minimum absolute atomic E-state index is 0.213. The van der Waals surface area contributed by atoms with E-state index in [9.17, 15) is 4.79 Å². The Labute approximate surface area is 149 Å². The second-order valence-electron chi connectivity index (χ2n) is 5.20. The number of ketones is 1. The van der Waals surface area contributed by atoms with Crippen molar-refractivity contribution >= 4 is 33.6 Å². The summed E-state index contributed by atoms with van der Waals surface area (Å²) in [5, 5.41) is 8.13. The number of hydrogen-bond donors (Lipinski definition) is 1. The fraction of sp³-hybridized carbons (Fsp3) is 0.222. The average Bonchev–Trinajstić information content (AvgIpc) is 3.30. The smallest absolute Gasteiger partial charge is 0.183 e. The van der Waals surface area contributed by atoms with Crippen molar-refractivity contribution in [2.45, 2.75) is 12.8 Å². The first-order chi connectivity index (χ1) is 11.8. The Kier molecular flexibility index (Phi) is 5.61. The highest BCUT2D eigenvalue weighted by Gasteiger charge is 2.07. The van der Waals surface area contributed by atoms with Gasteiger partial charge in [-0.05, 0) is 42.1 Å². The maximum absolute atomic E-state index is 11.9. The van der Waals surface area contributed by atoms with Crippen molar-refractivity contribution in [2.24, 2.45) is 0 Å². The maximum atomic E-state index is 11.9. The lowest BCUT2D eigenvalue weighted by Crippen LogP contribution is -2.04. The molecule has 0 bridgehead atoms. The van der Waals surface area contributed by atoms with Crippen LogP contribution >= 0.6 is 22.7 Å². The molecular formula is C18H18N2O2S2. The first-order valence-corrected chi connectivity index (χ1v) is 9.43. The number of carbonyl (C=O) groups excluding carboxylic acids is 1. The van der Waals surface area contributed by atoms with E-state index in [0.717, 1.165) is 40.0 Å². The van der Waals surface area contributed by atoms with Gasteiger partial charge in [-0.1, -0.05) is 6.07 Å². The zero-order chi connectivity index (χ0) is 16.8. The number of anilines is 1. The van der Waals surface area contributed by atoms with Gasteiger partial charge in [-0.15, -0.1) is 22.7 Å². The first-order valence-electron chi connectivity index (χ1n) is 7.67. The molecule has 0 aliphatic heterocycles. The quantitative estimate of drug-likeness (QED) is 0.457. The molecule has 0 atom stereocenters. The molecule has 0 saturated heterocycles. The molecule has 0 radical (unpaired) electrons. The predicted octanol–water partition coefficient (Wildman–Crippen LogP) is 4.96. The largest absolute Gasteiger partial charge is 0.497 e. The van der Waals surface area contributed by atoms with Gasteiger partial charge in [-0.25, -0.2) is 4.98 Å². The summed E-state index contributed by atoms with van der Waals surface area (Å²) in [4.78, 5) is 17.3. The number of ether oxygens (including phenoxy) is 1. The molecule has 0 saturated carbocycles.